The molecule has 0 radical (unpaired) electrons. The Labute approximate surface area is 249 Å². The predicted octanol–water partition coefficient (Wildman–Crippen LogP) is 2.33. The summed E-state index contributed by atoms with van der Waals surface area (Å²) in [6.07, 6.45) is 5.09. The van der Waals surface area contributed by atoms with E-state index in [2.05, 4.69) is 15.3 Å². The van der Waals surface area contributed by atoms with Gasteiger partial charge >= 0.3 is 5.97 Å². The van der Waals surface area contributed by atoms with Crippen LogP contribution in [0.1, 0.15) is 68.0 Å². The fourth-order valence-corrected chi connectivity index (χ4v) is 5.81. The SMILES string of the molecule is Nc1nc(N)c(C(=O)NC2CCC[N+](CCCc3ccc(C(=O)[O-])cc3)(CCCc3ccc(C(=O)O)cc3)C2)nc1Cl. The van der Waals surface area contributed by atoms with Gasteiger partial charge in [-0.25, -0.2) is 14.8 Å². The molecule has 11 nitrogen and oxygen atoms in total. The zero-order valence-corrected chi connectivity index (χ0v) is 24.0. The lowest BCUT2D eigenvalue weighted by Crippen LogP contribution is -2.60. The molecule has 2 aromatic carbocycles. The second-order valence-electron chi connectivity index (χ2n) is 10.8. The van der Waals surface area contributed by atoms with Crippen LogP contribution >= 0.6 is 11.6 Å². The van der Waals surface area contributed by atoms with Crippen LogP contribution in [0.2, 0.25) is 5.15 Å². The van der Waals surface area contributed by atoms with Crippen molar-refractivity contribution in [3.63, 3.8) is 0 Å². The number of hydrogen-bond donors (Lipinski definition) is 4. The minimum Gasteiger partial charge on any atom is -0.545 e. The second kappa shape index (κ2) is 13.6. The maximum atomic E-state index is 13.1. The molecular formula is C30H35ClN6O5. The first-order chi connectivity index (χ1) is 20.0. The number of quaternary nitrogens is 1. The third-order valence-electron chi connectivity index (χ3n) is 7.83. The van der Waals surface area contributed by atoms with E-state index in [0.717, 1.165) is 80.3 Å². The van der Waals surface area contributed by atoms with Gasteiger partial charge in [0.25, 0.3) is 5.91 Å². The van der Waals surface area contributed by atoms with Crippen molar-refractivity contribution in [1.82, 2.24) is 15.3 Å². The average molecular weight is 595 g/mol. The Balaban J connectivity index is 1.44. The van der Waals surface area contributed by atoms with Gasteiger partial charge in [-0.3, -0.25) is 4.79 Å². The van der Waals surface area contributed by atoms with Gasteiger partial charge in [0.15, 0.2) is 22.5 Å². The van der Waals surface area contributed by atoms with E-state index in [1.807, 2.05) is 24.3 Å². The molecule has 0 saturated carbocycles. The summed E-state index contributed by atoms with van der Waals surface area (Å²) in [4.78, 5) is 43.3. The van der Waals surface area contributed by atoms with Gasteiger partial charge in [-0.05, 0) is 54.5 Å². The van der Waals surface area contributed by atoms with Crippen LogP contribution in [0.25, 0.3) is 0 Å². The topological polar surface area (TPSA) is 184 Å². The monoisotopic (exact) mass is 594 g/mol. The van der Waals surface area contributed by atoms with E-state index in [1.165, 1.54) is 0 Å². The molecule has 2 heterocycles. The molecular weight excluding hydrogens is 560 g/mol. The Kier molecular flexibility index (Phi) is 9.97. The van der Waals surface area contributed by atoms with Crippen LogP contribution in [-0.4, -0.2) is 69.6 Å². The lowest BCUT2D eigenvalue weighted by molar-refractivity contribution is -0.933. The molecule has 2 unspecified atom stereocenters. The Morgan fingerprint density at radius 1 is 0.929 bits per heavy atom. The zero-order valence-electron chi connectivity index (χ0n) is 23.2. The summed E-state index contributed by atoms with van der Waals surface area (Å²) in [6.45, 7) is 3.45. The number of nitrogens with one attached hydrogen (secondary N) is 1. The number of aromatic carboxylic acids is 2. The van der Waals surface area contributed by atoms with Crippen LogP contribution < -0.4 is 21.9 Å². The highest BCUT2D eigenvalue weighted by Gasteiger charge is 2.35. The van der Waals surface area contributed by atoms with Gasteiger partial charge in [0, 0.05) is 12.8 Å². The van der Waals surface area contributed by atoms with Crippen molar-refractivity contribution in [3.05, 3.63) is 81.6 Å². The first-order valence-electron chi connectivity index (χ1n) is 13.9. The highest BCUT2D eigenvalue weighted by atomic mass is 35.5. The molecule has 1 saturated heterocycles. The van der Waals surface area contributed by atoms with Crippen LogP contribution in [0.15, 0.2) is 48.5 Å². The number of carbonyl (C=O) groups is 3. The largest absolute Gasteiger partial charge is 0.545 e. The van der Waals surface area contributed by atoms with E-state index >= 15 is 0 Å². The van der Waals surface area contributed by atoms with E-state index in [9.17, 15) is 24.6 Å². The van der Waals surface area contributed by atoms with E-state index in [1.54, 1.807) is 24.3 Å². The molecule has 222 valence electrons. The zero-order chi connectivity index (χ0) is 30.3. The van der Waals surface area contributed by atoms with Crippen LogP contribution in [-0.2, 0) is 12.8 Å². The molecule has 1 aliphatic rings. The number of aromatic nitrogens is 2. The predicted molar refractivity (Wildman–Crippen MR) is 157 cm³/mol. The van der Waals surface area contributed by atoms with Crippen molar-refractivity contribution in [2.45, 2.75) is 44.6 Å². The number of piperidine rings is 1. The lowest BCUT2D eigenvalue weighted by Gasteiger charge is -2.45. The van der Waals surface area contributed by atoms with E-state index in [0.29, 0.717) is 0 Å². The number of hydrogen-bond acceptors (Lipinski definition) is 8. The summed E-state index contributed by atoms with van der Waals surface area (Å²) in [5.41, 5.74) is 14.0. The highest BCUT2D eigenvalue weighted by Crippen LogP contribution is 2.24. The maximum absolute atomic E-state index is 13.1. The van der Waals surface area contributed by atoms with E-state index in [-0.39, 0.29) is 39.7 Å². The summed E-state index contributed by atoms with van der Waals surface area (Å²) in [7, 11) is 0. The number of carboxylic acid groups (broad SMARTS) is 2. The third kappa shape index (κ3) is 7.95. The average Bonchev–Trinajstić information content (AvgIpc) is 2.95. The van der Waals surface area contributed by atoms with Gasteiger partial charge in [-0.15, -0.1) is 0 Å². The molecule has 1 aromatic heterocycles. The van der Waals surface area contributed by atoms with Gasteiger partial charge in [-0.1, -0.05) is 48.0 Å². The summed E-state index contributed by atoms with van der Waals surface area (Å²) in [6, 6.07) is 13.6. The van der Waals surface area contributed by atoms with Gasteiger partial charge in [-0.2, -0.15) is 0 Å². The minimum absolute atomic E-state index is 0.0362. The number of amides is 1. The fourth-order valence-electron chi connectivity index (χ4n) is 5.68. The van der Waals surface area contributed by atoms with E-state index in [4.69, 9.17) is 23.1 Å². The van der Waals surface area contributed by atoms with E-state index < -0.39 is 17.8 Å². The normalized spacial score (nSPS) is 18.4. The minimum atomic E-state index is -1.20. The maximum Gasteiger partial charge on any atom is 0.335 e. The first kappa shape index (κ1) is 30.7. The summed E-state index contributed by atoms with van der Waals surface area (Å²) >= 11 is 5.98. The van der Waals surface area contributed by atoms with Crippen LogP contribution in [0, 0.1) is 0 Å². The molecule has 0 aliphatic carbocycles. The van der Waals surface area contributed by atoms with Crippen molar-refractivity contribution in [2.75, 3.05) is 37.6 Å². The number of halogens is 1. The molecule has 42 heavy (non-hydrogen) atoms. The van der Waals surface area contributed by atoms with Crippen LogP contribution in [0.3, 0.4) is 0 Å². The Morgan fingerprint density at radius 2 is 1.50 bits per heavy atom. The first-order valence-corrected chi connectivity index (χ1v) is 14.3. The van der Waals surface area contributed by atoms with Crippen molar-refractivity contribution in [3.8, 4) is 0 Å². The Morgan fingerprint density at radius 3 is 2.05 bits per heavy atom. The third-order valence-corrected chi connectivity index (χ3v) is 8.11. The van der Waals surface area contributed by atoms with Crippen molar-refractivity contribution in [1.29, 1.82) is 0 Å². The van der Waals surface area contributed by atoms with Gasteiger partial charge in [0.05, 0.1) is 43.8 Å². The van der Waals surface area contributed by atoms with Crippen molar-refractivity contribution >= 4 is 41.1 Å². The second-order valence-corrected chi connectivity index (χ2v) is 11.2. The summed E-state index contributed by atoms with van der Waals surface area (Å²) in [5, 5.41) is 23.2. The smallest absolute Gasteiger partial charge is 0.335 e. The van der Waals surface area contributed by atoms with Crippen molar-refractivity contribution in [2.24, 2.45) is 0 Å². The molecule has 1 fully saturated rings. The highest BCUT2D eigenvalue weighted by molar-refractivity contribution is 6.31. The molecule has 0 spiro atoms. The number of nitrogens with two attached hydrogens (primary N) is 2. The molecule has 1 amide bonds. The van der Waals surface area contributed by atoms with Gasteiger partial charge in [0.2, 0.25) is 0 Å². The number of nitrogens with zero attached hydrogens (tertiary/aromatic N) is 3. The number of carboxylic acids is 2. The lowest BCUT2D eigenvalue weighted by atomic mass is 9.98. The molecule has 2 atom stereocenters. The molecule has 3 aromatic rings. The van der Waals surface area contributed by atoms with Crippen LogP contribution in [0.4, 0.5) is 11.6 Å². The number of rotatable bonds is 12. The number of benzene rings is 2. The van der Waals surface area contributed by atoms with Gasteiger partial charge in [0.1, 0.15) is 0 Å². The summed E-state index contributed by atoms with van der Waals surface area (Å²) < 4.78 is 0.805. The Hall–Kier alpha value is -4.22. The number of nitrogen functional groups attached to an aromatic ring is 2. The summed E-state index contributed by atoms with van der Waals surface area (Å²) in [5.74, 6) is -2.70. The molecule has 4 rings (SSSR count). The molecule has 6 N–H and O–H groups in total. The molecule has 1 aliphatic heterocycles. The van der Waals surface area contributed by atoms with Crippen molar-refractivity contribution < 1.29 is 29.1 Å². The number of aryl methyl sites for hydroxylation is 2. The standard InChI is InChI=1S/C30H35ClN6O5/c31-25-27(33)36-26(32)24(35-25)28(38)34-23-6-3-17-37(18-23,15-1-4-19-7-11-21(12-8-19)29(39)40)16-2-5-20-9-13-22(14-10-20)30(41)42/h7-14,23H,1-6,15-18H2,(H6-,32,33,34,36,38,39,40,41,42). The number of likely N-dealkylation sites (tertiary alicyclic amines) is 1. The molecule has 0 bridgehead atoms. The molecule has 12 heteroatoms. The van der Waals surface area contributed by atoms with Gasteiger partial charge < -0.3 is 36.3 Å². The quantitative estimate of drug-likeness (QED) is 0.228. The Bertz CT molecular complexity index is 1370. The number of carbonyl (C=O) groups excluding carboxylic acids is 2. The number of anilines is 2. The fraction of sp³-hybridized carbons (Fsp3) is 0.367. The van der Waals surface area contributed by atoms with Crippen LogP contribution in [0.5, 0.6) is 0 Å².